The summed E-state index contributed by atoms with van der Waals surface area (Å²) in [7, 11) is 0. The largest absolute Gasteiger partial charge is 0.330 e. The van der Waals surface area contributed by atoms with E-state index < -0.39 is 0 Å². The summed E-state index contributed by atoms with van der Waals surface area (Å²) < 4.78 is 0. The molecule has 2 aromatic heterocycles. The van der Waals surface area contributed by atoms with Gasteiger partial charge in [-0.25, -0.2) is 0 Å². The van der Waals surface area contributed by atoms with Crippen LogP contribution >= 0.6 is 34.3 Å². The first-order chi connectivity index (χ1) is 14.6. The number of hydrogen-bond acceptors (Lipinski definition) is 4. The highest BCUT2D eigenvalue weighted by Crippen LogP contribution is 2.38. The first-order valence-corrected chi connectivity index (χ1v) is 12.2. The molecule has 1 aromatic carbocycles. The maximum atomic E-state index is 13.5. The SMILES string of the molecule is O=C(c1cccs1)N(CC(=O)N1CCc2sccc2C1c1ccc(Cl)cc1)C1CC1. The summed E-state index contributed by atoms with van der Waals surface area (Å²) >= 11 is 9.28. The van der Waals surface area contributed by atoms with Crippen molar-refractivity contribution in [2.75, 3.05) is 13.1 Å². The highest BCUT2D eigenvalue weighted by atomic mass is 35.5. The molecule has 0 spiro atoms. The van der Waals surface area contributed by atoms with E-state index in [0.29, 0.717) is 16.4 Å². The second-order valence-corrected chi connectivity index (χ2v) is 10.1. The topological polar surface area (TPSA) is 40.6 Å². The molecule has 2 aliphatic rings. The molecule has 0 radical (unpaired) electrons. The molecule has 0 bridgehead atoms. The van der Waals surface area contributed by atoms with Gasteiger partial charge in [0.25, 0.3) is 5.91 Å². The third kappa shape index (κ3) is 3.80. The minimum Gasteiger partial charge on any atom is -0.330 e. The van der Waals surface area contributed by atoms with Crippen molar-refractivity contribution in [2.24, 2.45) is 0 Å². The molecule has 1 atom stereocenters. The van der Waals surface area contributed by atoms with Gasteiger partial charge >= 0.3 is 0 Å². The number of benzene rings is 1. The third-order valence-electron chi connectivity index (χ3n) is 5.76. The van der Waals surface area contributed by atoms with Gasteiger partial charge in [-0.2, -0.15) is 0 Å². The van der Waals surface area contributed by atoms with Crippen LogP contribution in [0.25, 0.3) is 0 Å². The molecule has 154 valence electrons. The van der Waals surface area contributed by atoms with Crippen molar-refractivity contribution < 1.29 is 9.59 Å². The Kier molecular flexibility index (Phi) is 5.39. The summed E-state index contributed by atoms with van der Waals surface area (Å²) in [5, 5.41) is 4.68. The van der Waals surface area contributed by atoms with Crippen molar-refractivity contribution in [3.05, 3.63) is 79.1 Å². The quantitative estimate of drug-likeness (QED) is 0.526. The van der Waals surface area contributed by atoms with Crippen LogP contribution < -0.4 is 0 Å². The number of nitrogens with zero attached hydrogens (tertiary/aromatic N) is 2. The van der Waals surface area contributed by atoms with Crippen LogP contribution in [-0.4, -0.2) is 40.7 Å². The van der Waals surface area contributed by atoms with E-state index in [2.05, 4.69) is 11.4 Å². The van der Waals surface area contributed by atoms with E-state index in [1.807, 2.05) is 46.7 Å². The number of rotatable bonds is 5. The van der Waals surface area contributed by atoms with Crippen LogP contribution in [-0.2, 0) is 11.2 Å². The van der Waals surface area contributed by atoms with Crippen LogP contribution in [0.3, 0.4) is 0 Å². The minimum atomic E-state index is -0.136. The number of carbonyl (C=O) groups excluding carboxylic acids is 2. The Morgan fingerprint density at radius 1 is 1.07 bits per heavy atom. The Morgan fingerprint density at radius 2 is 1.87 bits per heavy atom. The summed E-state index contributed by atoms with van der Waals surface area (Å²) in [5.74, 6) is -0.0271. The summed E-state index contributed by atoms with van der Waals surface area (Å²) in [6, 6.07) is 13.6. The predicted molar refractivity (Wildman–Crippen MR) is 121 cm³/mol. The Balaban J connectivity index is 1.43. The molecular formula is C23H21ClN2O2S2. The Morgan fingerprint density at radius 3 is 2.57 bits per heavy atom. The number of amides is 2. The van der Waals surface area contributed by atoms with Crippen LogP contribution in [0.1, 0.15) is 44.6 Å². The lowest BCUT2D eigenvalue weighted by Crippen LogP contribution is -2.47. The van der Waals surface area contributed by atoms with E-state index in [9.17, 15) is 9.59 Å². The van der Waals surface area contributed by atoms with E-state index in [4.69, 9.17) is 11.6 Å². The molecule has 5 rings (SSSR count). The summed E-state index contributed by atoms with van der Waals surface area (Å²) in [6.45, 7) is 0.788. The maximum Gasteiger partial charge on any atom is 0.264 e. The molecule has 0 saturated heterocycles. The zero-order chi connectivity index (χ0) is 20.7. The van der Waals surface area contributed by atoms with Gasteiger partial charge in [0.2, 0.25) is 5.91 Å². The van der Waals surface area contributed by atoms with Gasteiger partial charge in [-0.3, -0.25) is 9.59 Å². The average Bonchev–Trinajstić information content (AvgIpc) is 3.24. The van der Waals surface area contributed by atoms with Crippen molar-refractivity contribution in [3.63, 3.8) is 0 Å². The van der Waals surface area contributed by atoms with Crippen LogP contribution in [0.15, 0.2) is 53.2 Å². The van der Waals surface area contributed by atoms with Crippen molar-refractivity contribution in [1.82, 2.24) is 9.80 Å². The van der Waals surface area contributed by atoms with Crippen molar-refractivity contribution in [2.45, 2.75) is 31.3 Å². The molecule has 4 nitrogen and oxygen atoms in total. The standard InChI is InChI=1S/C23H21ClN2O2S2/c24-16-5-3-15(4-6-16)22-18-10-13-30-19(18)9-11-25(22)21(27)14-26(17-7-8-17)23(28)20-2-1-12-29-20/h1-6,10,12-13,17,22H,7-9,11,14H2. The number of thiophene rings is 2. The molecule has 1 aliphatic heterocycles. The average molecular weight is 457 g/mol. The Bertz CT molecular complexity index is 1060. The number of hydrogen-bond donors (Lipinski definition) is 0. The minimum absolute atomic E-state index is 0.00334. The molecule has 1 aliphatic carbocycles. The fourth-order valence-electron chi connectivity index (χ4n) is 4.12. The van der Waals surface area contributed by atoms with Crippen molar-refractivity contribution in [1.29, 1.82) is 0 Å². The molecule has 1 fully saturated rings. The van der Waals surface area contributed by atoms with Gasteiger partial charge in [-0.05, 0) is 65.4 Å². The van der Waals surface area contributed by atoms with Crippen LogP contribution in [0.4, 0.5) is 0 Å². The lowest BCUT2D eigenvalue weighted by molar-refractivity contribution is -0.134. The smallest absolute Gasteiger partial charge is 0.264 e. The second-order valence-electron chi connectivity index (χ2n) is 7.73. The monoisotopic (exact) mass is 456 g/mol. The Labute approximate surface area is 188 Å². The second kappa shape index (κ2) is 8.17. The van der Waals surface area contributed by atoms with Gasteiger partial charge in [0.05, 0.1) is 10.9 Å². The normalized spacial score (nSPS) is 18.2. The molecule has 1 unspecified atom stereocenters. The van der Waals surface area contributed by atoms with Gasteiger partial charge < -0.3 is 9.80 Å². The van der Waals surface area contributed by atoms with Gasteiger partial charge in [0.1, 0.15) is 6.54 Å². The van der Waals surface area contributed by atoms with Crippen molar-refractivity contribution >= 4 is 46.1 Å². The fraction of sp³-hybridized carbons (Fsp3) is 0.304. The molecule has 0 N–H and O–H groups in total. The molecule has 3 heterocycles. The molecule has 7 heteroatoms. The highest BCUT2D eigenvalue weighted by molar-refractivity contribution is 7.12. The molecule has 2 amide bonds. The van der Waals surface area contributed by atoms with E-state index in [1.54, 1.807) is 16.2 Å². The molecule has 3 aromatic rings. The summed E-state index contributed by atoms with van der Waals surface area (Å²) in [4.78, 5) is 32.3. The van der Waals surface area contributed by atoms with Crippen LogP contribution in [0.5, 0.6) is 0 Å². The molecule has 30 heavy (non-hydrogen) atoms. The van der Waals surface area contributed by atoms with Gasteiger partial charge in [0.15, 0.2) is 0 Å². The van der Waals surface area contributed by atoms with E-state index in [1.165, 1.54) is 21.8 Å². The maximum absolute atomic E-state index is 13.5. The van der Waals surface area contributed by atoms with Crippen LogP contribution in [0, 0.1) is 0 Å². The number of halogens is 1. The van der Waals surface area contributed by atoms with Crippen molar-refractivity contribution in [3.8, 4) is 0 Å². The third-order valence-corrected chi connectivity index (χ3v) is 7.86. The molecule has 1 saturated carbocycles. The van der Waals surface area contributed by atoms with Gasteiger partial charge in [-0.1, -0.05) is 29.8 Å². The van der Waals surface area contributed by atoms with Gasteiger partial charge in [0, 0.05) is 22.5 Å². The fourth-order valence-corrected chi connectivity index (χ4v) is 5.83. The number of fused-ring (bicyclic) bond motifs is 1. The predicted octanol–water partition coefficient (Wildman–Crippen LogP) is 5.24. The van der Waals surface area contributed by atoms with E-state index in [-0.39, 0.29) is 30.4 Å². The zero-order valence-corrected chi connectivity index (χ0v) is 18.7. The zero-order valence-electron chi connectivity index (χ0n) is 16.3. The highest BCUT2D eigenvalue weighted by Gasteiger charge is 2.38. The Hall–Kier alpha value is -2.15. The summed E-state index contributed by atoms with van der Waals surface area (Å²) in [5.41, 5.74) is 2.24. The van der Waals surface area contributed by atoms with Gasteiger partial charge in [-0.15, -0.1) is 22.7 Å². The van der Waals surface area contributed by atoms with E-state index in [0.717, 1.165) is 24.8 Å². The lowest BCUT2D eigenvalue weighted by atomic mass is 9.93. The van der Waals surface area contributed by atoms with E-state index >= 15 is 0 Å². The molecular weight excluding hydrogens is 436 g/mol. The number of carbonyl (C=O) groups is 2. The van der Waals surface area contributed by atoms with Crippen LogP contribution in [0.2, 0.25) is 5.02 Å². The first kappa shape index (κ1) is 19.8. The first-order valence-electron chi connectivity index (χ1n) is 10.1. The summed E-state index contributed by atoms with van der Waals surface area (Å²) in [6.07, 6.45) is 2.80. The lowest BCUT2D eigenvalue weighted by Gasteiger charge is -2.37.